The third-order valence-electron chi connectivity index (χ3n) is 4.78. The second-order valence-corrected chi connectivity index (χ2v) is 6.74. The molecule has 0 spiro atoms. The number of aliphatic carboxylic acids is 1. The smallest absolute Gasteiger partial charge is 0.334 e. The number of hydrogen-bond donors (Lipinski definition) is 2. The van der Waals surface area contributed by atoms with Crippen LogP contribution in [0.15, 0.2) is 30.5 Å². The molecule has 1 aliphatic rings. The highest BCUT2D eigenvalue weighted by molar-refractivity contribution is 5.99. The van der Waals surface area contributed by atoms with E-state index < -0.39 is 17.4 Å². The number of anilines is 1. The van der Waals surface area contributed by atoms with E-state index in [0.29, 0.717) is 30.0 Å². The molecule has 0 bridgehead atoms. The van der Waals surface area contributed by atoms with Crippen molar-refractivity contribution in [3.05, 3.63) is 52.8 Å². The molecule has 2 N–H and O–H groups in total. The van der Waals surface area contributed by atoms with E-state index in [0.717, 1.165) is 12.0 Å². The Bertz CT molecular complexity index is 866. The van der Waals surface area contributed by atoms with E-state index in [1.807, 2.05) is 26.2 Å². The molecule has 0 aliphatic heterocycles. The summed E-state index contributed by atoms with van der Waals surface area (Å²) in [6, 6.07) is 7.38. The zero-order chi connectivity index (χ0) is 18.9. The molecule has 0 saturated heterocycles. The van der Waals surface area contributed by atoms with Crippen molar-refractivity contribution in [3.63, 3.8) is 0 Å². The molecule has 1 atom stereocenters. The highest BCUT2D eigenvalue weighted by Gasteiger charge is 2.45. The van der Waals surface area contributed by atoms with Crippen molar-refractivity contribution in [1.29, 1.82) is 0 Å². The van der Waals surface area contributed by atoms with Gasteiger partial charge in [-0.05, 0) is 37.3 Å². The van der Waals surface area contributed by atoms with Gasteiger partial charge in [0.25, 0.3) is 5.91 Å². The standard InChI is InChI=1S/C19H22N4O3/c1-12-14(11-20-18(21-12)23(2)3)16(24)22-19(17(25)26)10-6-8-13-7-4-5-9-15(13)19/h4-5,7,9,11H,6,8,10H2,1-3H3,(H,22,24)(H,25,26)/t19-/m0/s1. The summed E-state index contributed by atoms with van der Waals surface area (Å²) in [7, 11) is 3.62. The van der Waals surface area contributed by atoms with Crippen molar-refractivity contribution in [2.75, 3.05) is 19.0 Å². The van der Waals surface area contributed by atoms with Crippen molar-refractivity contribution in [1.82, 2.24) is 15.3 Å². The van der Waals surface area contributed by atoms with Gasteiger partial charge in [-0.15, -0.1) is 0 Å². The molecule has 7 heteroatoms. The molecule has 2 aromatic rings. The van der Waals surface area contributed by atoms with Gasteiger partial charge in [0.2, 0.25) is 5.95 Å². The fourth-order valence-electron chi connectivity index (χ4n) is 3.39. The SMILES string of the molecule is Cc1nc(N(C)C)ncc1C(=O)N[C@@]1(C(=O)O)CCCc2ccccc21. The molecular formula is C19H22N4O3. The zero-order valence-corrected chi connectivity index (χ0v) is 15.1. The van der Waals surface area contributed by atoms with Crippen molar-refractivity contribution < 1.29 is 14.7 Å². The van der Waals surface area contributed by atoms with Crippen LogP contribution < -0.4 is 10.2 Å². The molecule has 1 heterocycles. The predicted octanol–water partition coefficient (Wildman–Crippen LogP) is 1.90. The Balaban J connectivity index is 1.98. The van der Waals surface area contributed by atoms with Gasteiger partial charge in [-0.3, -0.25) is 4.79 Å². The van der Waals surface area contributed by atoms with Crippen molar-refractivity contribution in [2.45, 2.75) is 31.7 Å². The van der Waals surface area contributed by atoms with Gasteiger partial charge in [-0.25, -0.2) is 14.8 Å². The number of carboxylic acids is 1. The monoisotopic (exact) mass is 354 g/mol. The van der Waals surface area contributed by atoms with Gasteiger partial charge in [0.05, 0.1) is 11.3 Å². The molecule has 1 aliphatic carbocycles. The first-order chi connectivity index (χ1) is 12.3. The summed E-state index contributed by atoms with van der Waals surface area (Å²) >= 11 is 0. The van der Waals surface area contributed by atoms with Crippen LogP contribution in [-0.4, -0.2) is 41.0 Å². The lowest BCUT2D eigenvalue weighted by molar-refractivity contribution is -0.145. The van der Waals surface area contributed by atoms with Crippen molar-refractivity contribution in [2.24, 2.45) is 0 Å². The molecule has 0 radical (unpaired) electrons. The quantitative estimate of drug-likeness (QED) is 0.871. The van der Waals surface area contributed by atoms with Gasteiger partial charge in [0.15, 0.2) is 5.54 Å². The molecule has 0 fully saturated rings. The van der Waals surface area contributed by atoms with Gasteiger partial charge >= 0.3 is 5.97 Å². The number of rotatable bonds is 4. The normalized spacial score (nSPS) is 18.7. The molecule has 0 unspecified atom stereocenters. The highest BCUT2D eigenvalue weighted by Crippen LogP contribution is 2.36. The first-order valence-corrected chi connectivity index (χ1v) is 8.50. The lowest BCUT2D eigenvalue weighted by atomic mass is 9.76. The van der Waals surface area contributed by atoms with Crippen molar-refractivity contribution >= 4 is 17.8 Å². The number of aromatic nitrogens is 2. The Hall–Kier alpha value is -2.96. The van der Waals surface area contributed by atoms with Crippen LogP contribution in [0.5, 0.6) is 0 Å². The van der Waals surface area contributed by atoms with E-state index in [4.69, 9.17) is 0 Å². The summed E-state index contributed by atoms with van der Waals surface area (Å²) < 4.78 is 0. The molecule has 3 rings (SSSR count). The predicted molar refractivity (Wildman–Crippen MR) is 97.3 cm³/mol. The lowest BCUT2D eigenvalue weighted by Gasteiger charge is -2.36. The Labute approximate surface area is 152 Å². The summed E-state index contributed by atoms with van der Waals surface area (Å²) in [5.41, 5.74) is 0.955. The summed E-state index contributed by atoms with van der Waals surface area (Å²) in [6.07, 6.45) is 3.29. The van der Waals surface area contributed by atoms with Crippen LogP contribution in [0.4, 0.5) is 5.95 Å². The molecule has 1 aromatic heterocycles. The Morgan fingerprint density at radius 1 is 1.27 bits per heavy atom. The van der Waals surface area contributed by atoms with E-state index >= 15 is 0 Å². The van der Waals surface area contributed by atoms with Crippen LogP contribution in [0.3, 0.4) is 0 Å². The number of nitrogens with zero attached hydrogens (tertiary/aromatic N) is 3. The van der Waals surface area contributed by atoms with Crippen LogP contribution in [-0.2, 0) is 16.8 Å². The van der Waals surface area contributed by atoms with E-state index in [1.54, 1.807) is 24.0 Å². The third kappa shape index (κ3) is 3.00. The maximum Gasteiger partial charge on any atom is 0.334 e. The highest BCUT2D eigenvalue weighted by atomic mass is 16.4. The maximum absolute atomic E-state index is 12.9. The Kier molecular flexibility index (Phi) is 4.63. The number of carboxylic acid groups (broad SMARTS) is 1. The molecule has 0 saturated carbocycles. The number of benzene rings is 1. The fourth-order valence-corrected chi connectivity index (χ4v) is 3.39. The van der Waals surface area contributed by atoms with Crippen LogP contribution >= 0.6 is 0 Å². The van der Waals surface area contributed by atoms with Gasteiger partial charge in [0.1, 0.15) is 0 Å². The molecule has 1 aromatic carbocycles. The molecule has 1 amide bonds. The number of carbonyl (C=O) groups is 2. The molecule has 26 heavy (non-hydrogen) atoms. The van der Waals surface area contributed by atoms with Crippen LogP contribution in [0.25, 0.3) is 0 Å². The van der Waals surface area contributed by atoms with Gasteiger partial charge < -0.3 is 15.3 Å². The topological polar surface area (TPSA) is 95.4 Å². The van der Waals surface area contributed by atoms with Crippen molar-refractivity contribution in [3.8, 4) is 0 Å². The summed E-state index contributed by atoms with van der Waals surface area (Å²) in [5, 5.41) is 12.7. The van der Waals surface area contributed by atoms with Gasteiger partial charge in [-0.1, -0.05) is 24.3 Å². The molecule has 7 nitrogen and oxygen atoms in total. The van der Waals surface area contributed by atoms with E-state index in [9.17, 15) is 14.7 Å². The second-order valence-electron chi connectivity index (χ2n) is 6.74. The number of carbonyl (C=O) groups excluding carboxylic acids is 1. The van der Waals surface area contributed by atoms with Gasteiger partial charge in [-0.2, -0.15) is 0 Å². The number of amides is 1. The molecule has 136 valence electrons. The number of fused-ring (bicyclic) bond motifs is 1. The van der Waals surface area contributed by atoms with E-state index in [1.165, 1.54) is 6.20 Å². The zero-order valence-electron chi connectivity index (χ0n) is 15.1. The lowest BCUT2D eigenvalue weighted by Crippen LogP contribution is -2.53. The Morgan fingerprint density at radius 2 is 2.00 bits per heavy atom. The van der Waals surface area contributed by atoms with Crippen LogP contribution in [0.2, 0.25) is 0 Å². The minimum Gasteiger partial charge on any atom is -0.479 e. The van der Waals surface area contributed by atoms with Gasteiger partial charge in [0, 0.05) is 20.3 Å². The third-order valence-corrected chi connectivity index (χ3v) is 4.78. The first kappa shape index (κ1) is 17.8. The van der Waals surface area contributed by atoms with Crippen LogP contribution in [0, 0.1) is 6.92 Å². The Morgan fingerprint density at radius 3 is 2.65 bits per heavy atom. The summed E-state index contributed by atoms with van der Waals surface area (Å²) in [4.78, 5) is 35.3. The maximum atomic E-state index is 12.9. The minimum atomic E-state index is -1.43. The average Bonchev–Trinajstić information content (AvgIpc) is 2.61. The number of hydrogen-bond acceptors (Lipinski definition) is 5. The minimum absolute atomic E-state index is 0.277. The van der Waals surface area contributed by atoms with E-state index in [2.05, 4.69) is 15.3 Å². The fraction of sp³-hybridized carbons (Fsp3) is 0.368. The first-order valence-electron chi connectivity index (χ1n) is 8.50. The average molecular weight is 354 g/mol. The number of aryl methyl sites for hydroxylation is 2. The van der Waals surface area contributed by atoms with E-state index in [-0.39, 0.29) is 5.56 Å². The summed E-state index contributed by atoms with van der Waals surface area (Å²) in [6.45, 7) is 1.71. The van der Waals surface area contributed by atoms with Crippen LogP contribution in [0.1, 0.15) is 40.0 Å². The second kappa shape index (κ2) is 6.74. The largest absolute Gasteiger partial charge is 0.479 e. The summed E-state index contributed by atoms with van der Waals surface area (Å²) in [5.74, 6) is -1.04. The number of nitrogens with one attached hydrogen (secondary N) is 1. The molecular weight excluding hydrogens is 332 g/mol.